The molecule has 1 aliphatic heterocycles. The van der Waals surface area contributed by atoms with Crippen LogP contribution in [0.15, 0.2) is 30.3 Å². The molecule has 2 N–H and O–H groups in total. The fraction of sp³-hybridized carbons (Fsp3) is 0.200. The second kappa shape index (κ2) is 4.30. The van der Waals surface area contributed by atoms with E-state index in [1.54, 1.807) is 12.1 Å². The van der Waals surface area contributed by atoms with Crippen LogP contribution in [0.1, 0.15) is 0 Å². The Bertz CT molecular complexity index is 596. The van der Waals surface area contributed by atoms with E-state index >= 15 is 0 Å². The number of hydrogen-bond acceptors (Lipinski definition) is 5. The molecule has 0 amide bonds. The number of hydrogen-bond donors (Lipinski definition) is 2. The van der Waals surface area contributed by atoms with Crippen molar-refractivity contribution in [2.24, 2.45) is 0 Å². The second-order valence-electron chi connectivity index (χ2n) is 3.46. The fourth-order valence-electron chi connectivity index (χ4n) is 1.55. The van der Waals surface area contributed by atoms with E-state index in [4.69, 9.17) is 9.47 Å². The van der Waals surface area contributed by atoms with Crippen molar-refractivity contribution in [3.8, 4) is 11.5 Å². The average molecular weight is 272 g/mol. The lowest BCUT2D eigenvalue weighted by Gasteiger charge is -2.17. The third-order valence-electron chi connectivity index (χ3n) is 2.36. The molecule has 1 aliphatic rings. The van der Waals surface area contributed by atoms with Gasteiger partial charge in [0.1, 0.15) is 17.2 Å². The molecule has 0 aromatic heterocycles. The molecule has 0 atom stereocenters. The molecule has 2 rings (SSSR count). The lowest BCUT2D eigenvalue weighted by molar-refractivity contribution is 0.392. The molecule has 1 aromatic rings. The van der Waals surface area contributed by atoms with Crippen molar-refractivity contribution in [1.82, 2.24) is 4.72 Å². The Kier molecular flexibility index (Phi) is 2.95. The molecule has 0 aliphatic carbocycles. The van der Waals surface area contributed by atoms with Gasteiger partial charge in [0.2, 0.25) is 5.88 Å². The Labute approximate surface area is 104 Å². The minimum atomic E-state index is -3.82. The van der Waals surface area contributed by atoms with Crippen LogP contribution in [0.3, 0.4) is 0 Å². The molecule has 0 unspecified atom stereocenters. The highest BCUT2D eigenvalue weighted by Gasteiger charge is 2.30. The summed E-state index contributed by atoms with van der Waals surface area (Å²) in [5.74, 6) is 0.395. The van der Waals surface area contributed by atoms with E-state index in [-0.39, 0.29) is 5.69 Å². The van der Waals surface area contributed by atoms with Crippen LogP contribution in [0, 0.1) is 0 Å². The summed E-state index contributed by atoms with van der Waals surface area (Å²) in [4.78, 5) is 0. The van der Waals surface area contributed by atoms with Gasteiger partial charge in [-0.1, -0.05) is 0 Å². The number of aliphatic hydroxyl groups excluding tert-OH is 1. The molecule has 0 fully saturated rings. The van der Waals surface area contributed by atoms with Crippen LogP contribution in [0.2, 0.25) is 0 Å². The van der Waals surface area contributed by atoms with E-state index in [0.717, 1.165) is 10.5 Å². The molecule has 0 radical (unpaired) electrons. The molecule has 8 heteroatoms. The summed E-state index contributed by atoms with van der Waals surface area (Å²) in [6, 6.07) is 4.66. The Morgan fingerprint density at radius 1 is 1.28 bits per heavy atom. The topological polar surface area (TPSA) is 88.1 Å². The lowest BCUT2D eigenvalue weighted by atomic mass is 10.2. The summed E-state index contributed by atoms with van der Waals surface area (Å²) in [6.45, 7) is 0. The van der Waals surface area contributed by atoms with Crippen LogP contribution >= 0.6 is 0 Å². The van der Waals surface area contributed by atoms with Gasteiger partial charge in [0.15, 0.2) is 0 Å². The van der Waals surface area contributed by atoms with Crippen LogP contribution in [0.5, 0.6) is 11.5 Å². The monoisotopic (exact) mass is 272 g/mol. The predicted molar refractivity (Wildman–Crippen MR) is 64.8 cm³/mol. The SMILES string of the molecule is COc1ccc(N2C=C(O)NS2(=O)=O)c(OC)c1. The van der Waals surface area contributed by atoms with Crippen molar-refractivity contribution < 1.29 is 23.0 Å². The number of nitrogens with zero attached hydrogens (tertiary/aromatic N) is 1. The van der Waals surface area contributed by atoms with E-state index < -0.39 is 16.1 Å². The lowest BCUT2D eigenvalue weighted by Crippen LogP contribution is -2.29. The van der Waals surface area contributed by atoms with Gasteiger partial charge in [-0.05, 0) is 12.1 Å². The number of rotatable bonds is 3. The van der Waals surface area contributed by atoms with Crippen LogP contribution in [-0.4, -0.2) is 27.7 Å². The summed E-state index contributed by atoms with van der Waals surface area (Å²) in [6.07, 6.45) is 1.06. The van der Waals surface area contributed by atoms with E-state index in [1.165, 1.54) is 20.3 Å². The Balaban J connectivity index is 2.51. The molecular formula is C10H12N2O5S. The molecule has 0 spiro atoms. The molecule has 0 saturated heterocycles. The zero-order chi connectivity index (χ0) is 13.3. The first-order valence-electron chi connectivity index (χ1n) is 4.93. The molecular weight excluding hydrogens is 260 g/mol. The second-order valence-corrected chi connectivity index (χ2v) is 5.00. The van der Waals surface area contributed by atoms with Crippen LogP contribution in [0.25, 0.3) is 0 Å². The first-order chi connectivity index (χ1) is 8.47. The van der Waals surface area contributed by atoms with Crippen LogP contribution < -0.4 is 18.5 Å². The molecule has 0 saturated carbocycles. The summed E-state index contributed by atoms with van der Waals surface area (Å²) >= 11 is 0. The van der Waals surface area contributed by atoms with Crippen molar-refractivity contribution in [3.63, 3.8) is 0 Å². The van der Waals surface area contributed by atoms with E-state index in [2.05, 4.69) is 0 Å². The first kappa shape index (κ1) is 12.4. The zero-order valence-corrected chi connectivity index (χ0v) is 10.6. The molecule has 98 valence electrons. The smallest absolute Gasteiger partial charge is 0.330 e. The minimum Gasteiger partial charge on any atom is -0.497 e. The Hall–Kier alpha value is -2.09. The summed E-state index contributed by atoms with van der Waals surface area (Å²) in [7, 11) is -0.913. The van der Waals surface area contributed by atoms with Crippen LogP contribution in [0.4, 0.5) is 5.69 Å². The molecule has 18 heavy (non-hydrogen) atoms. The summed E-state index contributed by atoms with van der Waals surface area (Å²) in [5, 5.41) is 9.22. The summed E-state index contributed by atoms with van der Waals surface area (Å²) in [5.41, 5.74) is 0.273. The van der Waals surface area contributed by atoms with Gasteiger partial charge in [-0.25, -0.2) is 9.03 Å². The highest BCUT2D eigenvalue weighted by molar-refractivity contribution is 7.91. The van der Waals surface area contributed by atoms with Gasteiger partial charge < -0.3 is 14.6 Å². The highest BCUT2D eigenvalue weighted by Crippen LogP contribution is 2.35. The van der Waals surface area contributed by atoms with Crippen LogP contribution in [-0.2, 0) is 10.2 Å². The standard InChI is InChI=1S/C10H12N2O5S/c1-16-7-3-4-8(9(5-7)17-2)12-6-10(13)11-18(12,14)15/h3-6,11,13H,1-2H3. The maximum absolute atomic E-state index is 11.7. The van der Waals surface area contributed by atoms with Gasteiger partial charge in [0, 0.05) is 6.07 Å². The predicted octanol–water partition coefficient (Wildman–Crippen LogP) is 0.715. The third kappa shape index (κ3) is 2.02. The van der Waals surface area contributed by atoms with Gasteiger partial charge in [0.25, 0.3) is 0 Å². The van der Waals surface area contributed by atoms with Crippen molar-refractivity contribution in [1.29, 1.82) is 0 Å². The number of benzene rings is 1. The zero-order valence-electron chi connectivity index (χ0n) is 9.75. The van der Waals surface area contributed by atoms with Gasteiger partial charge >= 0.3 is 10.2 Å². The largest absolute Gasteiger partial charge is 0.497 e. The number of anilines is 1. The van der Waals surface area contributed by atoms with E-state index in [1.807, 2.05) is 4.72 Å². The fourth-order valence-corrected chi connectivity index (χ4v) is 2.62. The van der Waals surface area contributed by atoms with Crippen molar-refractivity contribution in [3.05, 3.63) is 30.3 Å². The van der Waals surface area contributed by atoms with E-state index in [9.17, 15) is 13.5 Å². The van der Waals surface area contributed by atoms with Crippen molar-refractivity contribution in [2.75, 3.05) is 18.5 Å². The quantitative estimate of drug-likeness (QED) is 0.846. The van der Waals surface area contributed by atoms with Crippen molar-refractivity contribution in [2.45, 2.75) is 0 Å². The molecule has 7 nitrogen and oxygen atoms in total. The average Bonchev–Trinajstić information content (AvgIpc) is 2.61. The van der Waals surface area contributed by atoms with Gasteiger partial charge in [-0.3, -0.25) is 0 Å². The first-order valence-corrected chi connectivity index (χ1v) is 6.37. The van der Waals surface area contributed by atoms with Gasteiger partial charge in [0.05, 0.1) is 20.4 Å². The number of ether oxygens (including phenoxy) is 2. The molecule has 0 bridgehead atoms. The number of methoxy groups -OCH3 is 2. The minimum absolute atomic E-state index is 0.273. The Morgan fingerprint density at radius 3 is 2.50 bits per heavy atom. The van der Waals surface area contributed by atoms with Crippen molar-refractivity contribution >= 4 is 15.9 Å². The third-order valence-corrected chi connectivity index (χ3v) is 3.64. The Morgan fingerprint density at radius 2 is 2.00 bits per heavy atom. The van der Waals surface area contributed by atoms with E-state index in [0.29, 0.717) is 11.5 Å². The van der Waals surface area contributed by atoms with Gasteiger partial charge in [-0.2, -0.15) is 8.42 Å². The summed E-state index contributed by atoms with van der Waals surface area (Å²) < 4.78 is 36.4. The number of nitrogens with one attached hydrogen (secondary N) is 1. The maximum Gasteiger partial charge on any atom is 0.330 e. The van der Waals surface area contributed by atoms with Gasteiger partial charge in [-0.15, -0.1) is 0 Å². The number of aliphatic hydroxyl groups is 1. The molecule has 1 heterocycles. The maximum atomic E-state index is 11.7. The normalized spacial score (nSPS) is 17.0. The highest BCUT2D eigenvalue weighted by atomic mass is 32.2. The molecule has 1 aromatic carbocycles.